The molecular weight excluding hydrogens is 464 g/mol. The number of alkyl halides is 3. The highest BCUT2D eigenvalue weighted by atomic mass is 35.5. The Hall–Kier alpha value is -3.05. The number of hydrogen-bond donors (Lipinski definition) is 3. The van der Waals surface area contributed by atoms with Gasteiger partial charge in [-0.2, -0.15) is 13.2 Å². The Morgan fingerprint density at radius 2 is 1.91 bits per heavy atom. The summed E-state index contributed by atoms with van der Waals surface area (Å²) in [6.07, 6.45) is -1.98. The highest BCUT2D eigenvalue weighted by Crippen LogP contribution is 2.28. The van der Waals surface area contributed by atoms with Gasteiger partial charge in [-0.15, -0.1) is 0 Å². The molecule has 0 bridgehead atoms. The number of H-pyrrole nitrogens is 1. The standard InChI is InChI=1S/C21H21ClF4N6O/c22-16-10-14(29-20(33)30-18-12-27-17-2-1-13(23)9-15(17)18)11-28-19(16)32-7-5-31(6-8-32)4-3-21(24,25)26/h1-2,9-12,27H,3-8H2,(H2,29,30,33). The van der Waals surface area contributed by atoms with Crippen LogP contribution in [0.1, 0.15) is 6.42 Å². The molecule has 12 heteroatoms. The molecule has 176 valence electrons. The molecule has 2 aromatic heterocycles. The summed E-state index contributed by atoms with van der Waals surface area (Å²) >= 11 is 6.36. The SMILES string of the molecule is O=C(Nc1cnc(N2CCN(CCC(F)(F)F)CC2)c(Cl)c1)Nc1c[nH]c2ccc(F)cc12. The van der Waals surface area contributed by atoms with Gasteiger partial charge in [0.1, 0.15) is 11.6 Å². The van der Waals surface area contributed by atoms with Crippen molar-refractivity contribution < 1.29 is 22.4 Å². The van der Waals surface area contributed by atoms with E-state index < -0.39 is 24.4 Å². The Morgan fingerprint density at radius 1 is 1.15 bits per heavy atom. The number of fused-ring (bicyclic) bond motifs is 1. The van der Waals surface area contributed by atoms with Crippen LogP contribution in [0, 0.1) is 5.82 Å². The van der Waals surface area contributed by atoms with Crippen LogP contribution in [-0.4, -0.2) is 59.8 Å². The van der Waals surface area contributed by atoms with E-state index in [9.17, 15) is 22.4 Å². The maximum atomic E-state index is 13.5. The van der Waals surface area contributed by atoms with Crippen LogP contribution in [0.2, 0.25) is 5.02 Å². The predicted molar refractivity (Wildman–Crippen MR) is 119 cm³/mol. The Bertz CT molecular complexity index is 1140. The number of urea groups is 1. The lowest BCUT2D eigenvalue weighted by atomic mass is 10.2. The smallest absolute Gasteiger partial charge is 0.359 e. The van der Waals surface area contributed by atoms with Gasteiger partial charge >= 0.3 is 12.2 Å². The highest BCUT2D eigenvalue weighted by molar-refractivity contribution is 6.33. The van der Waals surface area contributed by atoms with Crippen LogP contribution < -0.4 is 15.5 Å². The molecule has 0 aliphatic carbocycles. The molecule has 2 amide bonds. The van der Waals surface area contributed by atoms with Crippen molar-refractivity contribution in [3.8, 4) is 0 Å². The van der Waals surface area contributed by atoms with Crippen LogP contribution in [0.3, 0.4) is 0 Å². The van der Waals surface area contributed by atoms with Crippen molar-refractivity contribution in [2.45, 2.75) is 12.6 Å². The van der Waals surface area contributed by atoms with E-state index >= 15 is 0 Å². The van der Waals surface area contributed by atoms with Crippen molar-refractivity contribution in [2.75, 3.05) is 48.3 Å². The first-order valence-corrected chi connectivity index (χ1v) is 10.6. The van der Waals surface area contributed by atoms with Crippen LogP contribution in [-0.2, 0) is 0 Å². The molecular formula is C21H21ClF4N6O. The number of aromatic nitrogens is 2. The molecule has 1 aliphatic heterocycles. The number of benzene rings is 1. The highest BCUT2D eigenvalue weighted by Gasteiger charge is 2.29. The average Bonchev–Trinajstić information content (AvgIpc) is 3.14. The fourth-order valence-electron chi connectivity index (χ4n) is 3.68. The Morgan fingerprint density at radius 3 is 2.61 bits per heavy atom. The second-order valence-corrected chi connectivity index (χ2v) is 8.10. The van der Waals surface area contributed by atoms with Crippen molar-refractivity contribution in [3.63, 3.8) is 0 Å². The first kappa shape index (κ1) is 23.1. The van der Waals surface area contributed by atoms with E-state index in [2.05, 4.69) is 20.6 Å². The van der Waals surface area contributed by atoms with E-state index in [4.69, 9.17) is 11.6 Å². The van der Waals surface area contributed by atoms with Crippen LogP contribution in [0.25, 0.3) is 10.9 Å². The van der Waals surface area contributed by atoms with Crippen molar-refractivity contribution in [3.05, 3.63) is 47.5 Å². The van der Waals surface area contributed by atoms with E-state index in [-0.39, 0.29) is 6.54 Å². The molecule has 1 aliphatic rings. The second-order valence-electron chi connectivity index (χ2n) is 7.69. The summed E-state index contributed by atoms with van der Waals surface area (Å²) in [7, 11) is 0. The number of halogens is 5. The molecule has 0 atom stereocenters. The molecule has 1 fully saturated rings. The number of carbonyl (C=O) groups is 1. The van der Waals surface area contributed by atoms with Gasteiger partial charge in [-0.1, -0.05) is 11.6 Å². The second kappa shape index (κ2) is 9.44. The Kier molecular flexibility index (Phi) is 6.61. The number of anilines is 3. The van der Waals surface area contributed by atoms with Crippen LogP contribution in [0.5, 0.6) is 0 Å². The monoisotopic (exact) mass is 484 g/mol. The van der Waals surface area contributed by atoms with Crippen LogP contribution >= 0.6 is 11.6 Å². The molecule has 3 N–H and O–H groups in total. The maximum absolute atomic E-state index is 13.5. The predicted octanol–water partition coefficient (Wildman–Crippen LogP) is 5.07. The quantitative estimate of drug-likeness (QED) is 0.442. The number of carbonyl (C=O) groups excluding carboxylic acids is 1. The van der Waals surface area contributed by atoms with Gasteiger partial charge < -0.3 is 20.5 Å². The van der Waals surface area contributed by atoms with E-state index in [1.54, 1.807) is 23.2 Å². The van der Waals surface area contributed by atoms with Crippen molar-refractivity contribution in [1.29, 1.82) is 0 Å². The fourth-order valence-corrected chi connectivity index (χ4v) is 3.97. The molecule has 7 nitrogen and oxygen atoms in total. The van der Waals surface area contributed by atoms with Crippen LogP contribution in [0.4, 0.5) is 39.5 Å². The third-order valence-electron chi connectivity index (χ3n) is 5.35. The number of nitrogens with zero attached hydrogens (tertiary/aromatic N) is 3. The largest absolute Gasteiger partial charge is 0.390 e. The first-order valence-electron chi connectivity index (χ1n) is 10.2. The molecule has 33 heavy (non-hydrogen) atoms. The van der Waals surface area contributed by atoms with Gasteiger partial charge in [-0.3, -0.25) is 4.90 Å². The summed E-state index contributed by atoms with van der Waals surface area (Å²) in [4.78, 5) is 23.3. The summed E-state index contributed by atoms with van der Waals surface area (Å²) in [5, 5.41) is 6.13. The number of hydrogen-bond acceptors (Lipinski definition) is 4. The third kappa shape index (κ3) is 5.85. The van der Waals surface area contributed by atoms with E-state index in [1.807, 2.05) is 4.90 Å². The minimum Gasteiger partial charge on any atom is -0.359 e. The van der Waals surface area contributed by atoms with Gasteiger partial charge in [-0.25, -0.2) is 14.2 Å². The number of rotatable bonds is 5. The third-order valence-corrected chi connectivity index (χ3v) is 5.63. The van der Waals surface area contributed by atoms with Gasteiger partial charge in [0.25, 0.3) is 0 Å². The Labute approximate surface area is 191 Å². The zero-order valence-corrected chi connectivity index (χ0v) is 18.1. The van der Waals surface area contributed by atoms with Crippen molar-refractivity contribution in [2.24, 2.45) is 0 Å². The Balaban J connectivity index is 1.34. The summed E-state index contributed by atoms with van der Waals surface area (Å²) in [6, 6.07) is 5.21. The summed E-state index contributed by atoms with van der Waals surface area (Å²) in [5.74, 6) is 0.0866. The molecule has 4 rings (SSSR count). The zero-order valence-electron chi connectivity index (χ0n) is 17.3. The molecule has 1 aromatic carbocycles. The fraction of sp³-hybridized carbons (Fsp3) is 0.333. The van der Waals surface area contributed by atoms with Crippen molar-refractivity contribution in [1.82, 2.24) is 14.9 Å². The minimum atomic E-state index is -4.17. The average molecular weight is 485 g/mol. The number of piperazine rings is 1. The lowest BCUT2D eigenvalue weighted by molar-refractivity contribution is -0.138. The lowest BCUT2D eigenvalue weighted by Crippen LogP contribution is -2.47. The van der Waals surface area contributed by atoms with Crippen LogP contribution in [0.15, 0.2) is 36.7 Å². The molecule has 3 aromatic rings. The van der Waals surface area contributed by atoms with E-state index in [1.165, 1.54) is 18.3 Å². The first-order chi connectivity index (χ1) is 15.7. The van der Waals surface area contributed by atoms with Gasteiger partial charge in [-0.05, 0) is 24.3 Å². The van der Waals surface area contributed by atoms with Gasteiger partial charge in [0.2, 0.25) is 0 Å². The summed E-state index contributed by atoms with van der Waals surface area (Å²) < 4.78 is 50.7. The lowest BCUT2D eigenvalue weighted by Gasteiger charge is -2.35. The summed E-state index contributed by atoms with van der Waals surface area (Å²) in [6.45, 7) is 1.91. The van der Waals surface area contributed by atoms with E-state index in [0.717, 1.165) is 0 Å². The number of amides is 2. The number of nitrogens with one attached hydrogen (secondary N) is 3. The molecule has 0 spiro atoms. The molecule has 3 heterocycles. The van der Waals surface area contributed by atoms with E-state index in [0.29, 0.717) is 59.3 Å². The van der Waals surface area contributed by atoms with Crippen molar-refractivity contribution >= 4 is 45.7 Å². The summed E-state index contributed by atoms with van der Waals surface area (Å²) in [5.41, 5.74) is 1.46. The molecule has 0 saturated carbocycles. The zero-order chi connectivity index (χ0) is 23.6. The molecule has 1 saturated heterocycles. The number of aromatic amines is 1. The van der Waals surface area contributed by atoms with Gasteiger partial charge in [0, 0.05) is 49.8 Å². The molecule has 0 radical (unpaired) electrons. The minimum absolute atomic E-state index is 0.0282. The maximum Gasteiger partial charge on any atom is 0.390 e. The number of pyridine rings is 1. The normalized spacial score (nSPS) is 15.1. The van der Waals surface area contributed by atoms with Gasteiger partial charge in [0.15, 0.2) is 0 Å². The molecule has 0 unspecified atom stereocenters. The topological polar surface area (TPSA) is 76.3 Å². The van der Waals surface area contributed by atoms with Gasteiger partial charge in [0.05, 0.1) is 29.0 Å².